The topological polar surface area (TPSA) is 59.8 Å². The van der Waals surface area contributed by atoms with Crippen LogP contribution in [0.1, 0.15) is 39.7 Å². The van der Waals surface area contributed by atoms with Crippen LogP contribution < -0.4 is 4.74 Å². The molecule has 0 radical (unpaired) electrons. The fourth-order valence-electron chi connectivity index (χ4n) is 3.88. The van der Waals surface area contributed by atoms with Crippen LogP contribution >= 0.6 is 0 Å². The number of hydrogen-bond acceptors (Lipinski definition) is 5. The lowest BCUT2D eigenvalue weighted by molar-refractivity contribution is 0.0000409. The number of benzene rings is 2. The summed E-state index contributed by atoms with van der Waals surface area (Å²) in [6.45, 7) is 10.7. The van der Waals surface area contributed by atoms with Crippen LogP contribution in [-0.2, 0) is 18.3 Å². The maximum absolute atomic E-state index is 10.7. The maximum atomic E-state index is 10.7. The van der Waals surface area contributed by atoms with Gasteiger partial charge in [0.25, 0.3) is 0 Å². The lowest BCUT2D eigenvalue weighted by Gasteiger charge is -2.30. The molecule has 3 rings (SSSR count). The Balaban J connectivity index is 1.91. The van der Waals surface area contributed by atoms with Gasteiger partial charge in [0.15, 0.2) is 0 Å². The summed E-state index contributed by atoms with van der Waals surface area (Å²) < 4.78 is 13.9. The van der Waals surface area contributed by atoms with Gasteiger partial charge in [-0.05, 0) is 31.4 Å². The van der Waals surface area contributed by atoms with Gasteiger partial charge in [-0.25, -0.2) is 4.68 Å². The van der Waals surface area contributed by atoms with E-state index in [0.717, 1.165) is 29.0 Å². The van der Waals surface area contributed by atoms with Crippen molar-refractivity contribution in [1.82, 2.24) is 14.7 Å². The number of aliphatic hydroxyl groups is 1. The summed E-state index contributed by atoms with van der Waals surface area (Å²) in [6, 6.07) is 20.2. The van der Waals surface area contributed by atoms with Crippen molar-refractivity contribution in [1.29, 1.82) is 0 Å². The summed E-state index contributed by atoms with van der Waals surface area (Å²) in [5, 5.41) is 15.6. The Labute approximate surface area is 204 Å². The van der Waals surface area contributed by atoms with E-state index >= 15 is 0 Å². The molecular formula is C28H39N3O3. The first-order valence-corrected chi connectivity index (χ1v) is 12.2. The first-order valence-electron chi connectivity index (χ1n) is 12.2. The molecule has 0 saturated carbocycles. The average Bonchev–Trinajstić information content (AvgIpc) is 3.14. The highest BCUT2D eigenvalue weighted by atomic mass is 16.5. The first kappa shape index (κ1) is 25.9. The van der Waals surface area contributed by atoms with Crippen LogP contribution in [-0.4, -0.2) is 51.7 Å². The number of nitrogens with zero attached hydrogens (tertiary/aromatic N) is 3. The van der Waals surface area contributed by atoms with Gasteiger partial charge in [-0.1, -0.05) is 69.3 Å². The molecule has 0 amide bonds. The van der Waals surface area contributed by atoms with Crippen LogP contribution in [0.3, 0.4) is 0 Å². The molecule has 0 spiro atoms. The van der Waals surface area contributed by atoms with Gasteiger partial charge >= 0.3 is 0 Å². The third-order valence-electron chi connectivity index (χ3n) is 5.87. The van der Waals surface area contributed by atoms with E-state index in [9.17, 15) is 5.11 Å². The molecule has 0 fully saturated rings. The molecule has 0 aliphatic heterocycles. The summed E-state index contributed by atoms with van der Waals surface area (Å²) in [5.41, 5.74) is 2.95. The second-order valence-electron chi connectivity index (χ2n) is 9.31. The second kappa shape index (κ2) is 12.7. The van der Waals surface area contributed by atoms with Crippen LogP contribution in [0.15, 0.2) is 60.7 Å². The van der Waals surface area contributed by atoms with Crippen molar-refractivity contribution in [3.8, 4) is 22.9 Å². The van der Waals surface area contributed by atoms with Crippen molar-refractivity contribution in [3.63, 3.8) is 0 Å². The molecule has 2 aromatic carbocycles. The number of aryl methyl sites for hydroxylation is 1. The van der Waals surface area contributed by atoms with Gasteiger partial charge < -0.3 is 14.6 Å². The standard InChI is InChI=1S/C28H39N3O3/c1-6-22(4)31(17-24(32)20-33-19-21(2)3)18-26-27(23-13-9-7-10-14-23)29-30(5)28(26)34-25-15-11-8-12-16-25/h7-16,21-22,24,32H,6,17-20H2,1-5H3/t22-,24+/m0/s1. The van der Waals surface area contributed by atoms with Crippen molar-refractivity contribution in [2.24, 2.45) is 13.0 Å². The third-order valence-corrected chi connectivity index (χ3v) is 5.87. The van der Waals surface area contributed by atoms with Gasteiger partial charge in [0.1, 0.15) is 11.4 Å². The molecule has 6 heteroatoms. The highest BCUT2D eigenvalue weighted by Gasteiger charge is 2.25. The SMILES string of the molecule is CC[C@H](C)N(Cc1c(-c2ccccc2)nn(C)c1Oc1ccccc1)C[C@@H](O)COCC(C)C. The number of rotatable bonds is 13. The van der Waals surface area contributed by atoms with Gasteiger partial charge in [0.05, 0.1) is 18.3 Å². The fraction of sp³-hybridized carbons (Fsp3) is 0.464. The molecule has 0 bridgehead atoms. The van der Waals surface area contributed by atoms with E-state index in [4.69, 9.17) is 14.6 Å². The Hall–Kier alpha value is -2.67. The summed E-state index contributed by atoms with van der Waals surface area (Å²) >= 11 is 0. The second-order valence-corrected chi connectivity index (χ2v) is 9.31. The predicted molar refractivity (Wildman–Crippen MR) is 137 cm³/mol. The monoisotopic (exact) mass is 465 g/mol. The molecule has 1 heterocycles. The number of aliphatic hydroxyl groups excluding tert-OH is 1. The van der Waals surface area contributed by atoms with Crippen LogP contribution in [0.2, 0.25) is 0 Å². The van der Waals surface area contributed by atoms with Gasteiger partial charge in [-0.3, -0.25) is 4.90 Å². The van der Waals surface area contributed by atoms with Gasteiger partial charge in [-0.15, -0.1) is 0 Å². The Morgan fingerprint density at radius 3 is 2.24 bits per heavy atom. The number of ether oxygens (including phenoxy) is 2. The van der Waals surface area contributed by atoms with E-state index < -0.39 is 6.10 Å². The van der Waals surface area contributed by atoms with Crippen LogP contribution in [0.25, 0.3) is 11.3 Å². The molecule has 0 unspecified atom stereocenters. The molecule has 0 aliphatic carbocycles. The Kier molecular flexibility index (Phi) is 9.69. The maximum Gasteiger partial charge on any atom is 0.222 e. The molecular weight excluding hydrogens is 426 g/mol. The number of hydrogen-bond donors (Lipinski definition) is 1. The molecule has 0 aliphatic rings. The molecule has 184 valence electrons. The minimum absolute atomic E-state index is 0.271. The first-order chi connectivity index (χ1) is 16.4. The normalized spacial score (nSPS) is 13.4. The smallest absolute Gasteiger partial charge is 0.222 e. The Morgan fingerprint density at radius 2 is 1.62 bits per heavy atom. The number of para-hydroxylation sites is 1. The molecule has 0 saturated heterocycles. The van der Waals surface area contributed by atoms with Gasteiger partial charge in [-0.2, -0.15) is 5.10 Å². The highest BCUT2D eigenvalue weighted by molar-refractivity contribution is 5.65. The summed E-state index contributed by atoms with van der Waals surface area (Å²) in [5.74, 6) is 1.92. The van der Waals surface area contributed by atoms with Crippen molar-refractivity contribution >= 4 is 0 Å². The molecule has 3 aromatic rings. The fourth-order valence-corrected chi connectivity index (χ4v) is 3.88. The highest BCUT2D eigenvalue weighted by Crippen LogP contribution is 2.34. The van der Waals surface area contributed by atoms with Crippen LogP contribution in [0.5, 0.6) is 11.6 Å². The minimum atomic E-state index is -0.567. The molecule has 34 heavy (non-hydrogen) atoms. The van der Waals surface area contributed by atoms with E-state index in [2.05, 4.69) is 44.7 Å². The number of aromatic nitrogens is 2. The molecule has 2 atom stereocenters. The summed E-state index contributed by atoms with van der Waals surface area (Å²) in [6.07, 6.45) is 0.401. The van der Waals surface area contributed by atoms with Crippen LogP contribution in [0, 0.1) is 5.92 Å². The van der Waals surface area contributed by atoms with E-state index in [-0.39, 0.29) is 6.04 Å². The predicted octanol–water partition coefficient (Wildman–Crippen LogP) is 5.51. The van der Waals surface area contributed by atoms with Crippen molar-refractivity contribution in [2.45, 2.75) is 52.8 Å². The van der Waals surface area contributed by atoms with E-state index in [1.54, 1.807) is 0 Å². The van der Waals surface area contributed by atoms with Gasteiger partial charge in [0, 0.05) is 38.3 Å². The van der Waals surface area contributed by atoms with E-state index in [0.29, 0.717) is 38.1 Å². The third kappa shape index (κ3) is 7.16. The molecule has 1 aromatic heterocycles. The molecule has 6 nitrogen and oxygen atoms in total. The van der Waals surface area contributed by atoms with E-state index in [1.165, 1.54) is 0 Å². The zero-order valence-corrected chi connectivity index (χ0v) is 21.1. The Bertz CT molecular complexity index is 989. The molecule has 1 N–H and O–H groups in total. The van der Waals surface area contributed by atoms with E-state index in [1.807, 2.05) is 60.3 Å². The summed E-state index contributed by atoms with van der Waals surface area (Å²) in [4.78, 5) is 2.30. The van der Waals surface area contributed by atoms with Crippen molar-refractivity contribution < 1.29 is 14.6 Å². The van der Waals surface area contributed by atoms with Gasteiger partial charge in [0.2, 0.25) is 5.88 Å². The summed E-state index contributed by atoms with van der Waals surface area (Å²) in [7, 11) is 1.91. The minimum Gasteiger partial charge on any atom is -0.439 e. The lowest BCUT2D eigenvalue weighted by atomic mass is 10.1. The van der Waals surface area contributed by atoms with Crippen molar-refractivity contribution in [2.75, 3.05) is 19.8 Å². The van der Waals surface area contributed by atoms with Crippen molar-refractivity contribution in [3.05, 3.63) is 66.2 Å². The zero-order valence-electron chi connectivity index (χ0n) is 21.1. The largest absolute Gasteiger partial charge is 0.439 e. The quantitative estimate of drug-likeness (QED) is 0.360. The zero-order chi connectivity index (χ0) is 24.5. The van der Waals surface area contributed by atoms with Crippen LogP contribution in [0.4, 0.5) is 0 Å². The lowest BCUT2D eigenvalue weighted by Crippen LogP contribution is -2.40. The average molecular weight is 466 g/mol. The Morgan fingerprint density at radius 1 is 0.971 bits per heavy atom.